The average Bonchev–Trinajstić information content (AvgIpc) is 2.74. The van der Waals surface area contributed by atoms with Crippen LogP contribution >= 0.6 is 0 Å². The van der Waals surface area contributed by atoms with Gasteiger partial charge in [0.05, 0.1) is 5.75 Å². The number of carbonyl (C=O) groups is 1. The Kier molecular flexibility index (Phi) is 6.30. The van der Waals surface area contributed by atoms with Crippen molar-refractivity contribution in [1.82, 2.24) is 9.21 Å². The van der Waals surface area contributed by atoms with Crippen LogP contribution in [0.4, 0.5) is 0 Å². The molecule has 1 saturated carbocycles. The van der Waals surface area contributed by atoms with Crippen LogP contribution in [0.25, 0.3) is 0 Å². The molecule has 0 spiro atoms. The van der Waals surface area contributed by atoms with E-state index in [9.17, 15) is 13.2 Å². The minimum Gasteiger partial charge on any atom is -0.339 e. The summed E-state index contributed by atoms with van der Waals surface area (Å²) in [6.07, 6.45) is 7.33. The molecule has 5 nitrogen and oxygen atoms in total. The Bertz CT molecular complexity index is 803. The molecule has 3 aliphatic rings. The van der Waals surface area contributed by atoms with E-state index in [-0.39, 0.29) is 17.6 Å². The van der Waals surface area contributed by atoms with Crippen LogP contribution < -0.4 is 0 Å². The highest BCUT2D eigenvalue weighted by Crippen LogP contribution is 2.40. The van der Waals surface area contributed by atoms with Gasteiger partial charge in [0.1, 0.15) is 0 Å². The molecule has 2 aliphatic heterocycles. The van der Waals surface area contributed by atoms with Crippen LogP contribution in [0.2, 0.25) is 0 Å². The van der Waals surface area contributed by atoms with Crippen molar-refractivity contribution >= 4 is 15.9 Å². The Labute approximate surface area is 175 Å². The number of likely N-dealkylation sites (tertiary alicyclic amines) is 1. The van der Waals surface area contributed by atoms with Crippen LogP contribution in [0.15, 0.2) is 30.3 Å². The van der Waals surface area contributed by atoms with Crippen LogP contribution in [0.3, 0.4) is 0 Å². The fourth-order valence-electron chi connectivity index (χ4n) is 5.68. The standard InChI is InChI=1S/C23H34N2O3S/c1-18-11-16-25(22-10-6-5-9-21(18)22)23(26)20-12-14-24(15-13-20)29(27,28)17-19-7-3-2-4-8-19/h2-4,7-8,18,20-22H,5-6,9-17H2,1H3. The Balaban J connectivity index is 1.36. The second-order valence-corrected chi connectivity index (χ2v) is 11.2. The summed E-state index contributed by atoms with van der Waals surface area (Å²) in [5.74, 6) is 1.69. The second kappa shape index (κ2) is 8.76. The minimum absolute atomic E-state index is 0.0193. The van der Waals surface area contributed by atoms with Gasteiger partial charge in [-0.25, -0.2) is 12.7 Å². The normalized spacial score (nSPS) is 29.4. The quantitative estimate of drug-likeness (QED) is 0.750. The Morgan fingerprint density at radius 1 is 0.966 bits per heavy atom. The van der Waals surface area contributed by atoms with Crippen LogP contribution in [-0.4, -0.2) is 49.2 Å². The maximum atomic E-state index is 13.3. The number of hydrogen-bond acceptors (Lipinski definition) is 3. The Hall–Kier alpha value is -1.40. The summed E-state index contributed by atoms with van der Waals surface area (Å²) in [6, 6.07) is 9.75. The van der Waals surface area contributed by atoms with E-state index >= 15 is 0 Å². The fourth-order valence-corrected chi connectivity index (χ4v) is 7.24. The van der Waals surface area contributed by atoms with Crippen molar-refractivity contribution in [3.63, 3.8) is 0 Å². The van der Waals surface area contributed by atoms with E-state index in [1.165, 1.54) is 19.3 Å². The molecule has 3 unspecified atom stereocenters. The topological polar surface area (TPSA) is 57.7 Å². The lowest BCUT2D eigenvalue weighted by atomic mass is 9.72. The monoisotopic (exact) mass is 418 g/mol. The number of rotatable bonds is 4. The first-order valence-corrected chi connectivity index (χ1v) is 12.9. The third-order valence-corrected chi connectivity index (χ3v) is 9.26. The van der Waals surface area contributed by atoms with Crippen LogP contribution in [0.5, 0.6) is 0 Å². The van der Waals surface area contributed by atoms with E-state index in [1.807, 2.05) is 30.3 Å². The van der Waals surface area contributed by atoms with Crippen molar-refractivity contribution in [2.45, 2.75) is 63.7 Å². The first kappa shape index (κ1) is 20.9. The molecule has 160 valence electrons. The maximum Gasteiger partial charge on any atom is 0.226 e. The van der Waals surface area contributed by atoms with Gasteiger partial charge in [0.15, 0.2) is 0 Å². The smallest absolute Gasteiger partial charge is 0.226 e. The van der Waals surface area contributed by atoms with Gasteiger partial charge in [0, 0.05) is 31.6 Å². The molecule has 3 atom stereocenters. The zero-order valence-corrected chi connectivity index (χ0v) is 18.3. The predicted molar refractivity (Wildman–Crippen MR) is 115 cm³/mol. The first-order valence-electron chi connectivity index (χ1n) is 11.3. The lowest BCUT2D eigenvalue weighted by molar-refractivity contribution is -0.144. The van der Waals surface area contributed by atoms with Gasteiger partial charge < -0.3 is 4.90 Å². The predicted octanol–water partition coefficient (Wildman–Crippen LogP) is 3.66. The second-order valence-electron chi connectivity index (χ2n) is 9.23. The van der Waals surface area contributed by atoms with Gasteiger partial charge in [0.2, 0.25) is 15.9 Å². The number of piperidine rings is 2. The zero-order valence-electron chi connectivity index (χ0n) is 17.5. The molecule has 0 aromatic heterocycles. The maximum absolute atomic E-state index is 13.3. The van der Waals surface area contributed by atoms with Gasteiger partial charge in [-0.3, -0.25) is 4.79 Å². The summed E-state index contributed by atoms with van der Waals surface area (Å²) in [5.41, 5.74) is 0.816. The number of carbonyl (C=O) groups excluding carboxylic acids is 1. The Morgan fingerprint density at radius 3 is 2.38 bits per heavy atom. The highest BCUT2D eigenvalue weighted by atomic mass is 32.2. The number of amides is 1. The number of benzene rings is 1. The van der Waals surface area contributed by atoms with Gasteiger partial charge in [-0.2, -0.15) is 0 Å². The van der Waals surface area contributed by atoms with Gasteiger partial charge >= 0.3 is 0 Å². The molecule has 1 aromatic rings. The van der Waals surface area contributed by atoms with Gasteiger partial charge in [-0.1, -0.05) is 50.1 Å². The number of nitrogens with zero attached hydrogens (tertiary/aromatic N) is 2. The van der Waals surface area contributed by atoms with Gasteiger partial charge in [0.25, 0.3) is 0 Å². The molecular weight excluding hydrogens is 384 g/mol. The third-order valence-electron chi connectivity index (χ3n) is 7.41. The van der Waals surface area contributed by atoms with Gasteiger partial charge in [-0.15, -0.1) is 0 Å². The van der Waals surface area contributed by atoms with E-state index in [0.29, 0.717) is 43.8 Å². The molecule has 1 aromatic carbocycles. The van der Waals surface area contributed by atoms with E-state index in [2.05, 4.69) is 11.8 Å². The molecule has 6 heteroatoms. The molecule has 4 rings (SSSR count). The molecule has 0 radical (unpaired) electrons. The SMILES string of the molecule is CC1CCN(C(=O)C2CCN(S(=O)(=O)Cc3ccccc3)CC2)C2CCCCC12. The summed E-state index contributed by atoms with van der Waals surface area (Å²) in [5, 5.41) is 0. The number of hydrogen-bond donors (Lipinski definition) is 0. The first-order chi connectivity index (χ1) is 14.0. The lowest BCUT2D eigenvalue weighted by Crippen LogP contribution is -2.55. The molecule has 1 aliphatic carbocycles. The largest absolute Gasteiger partial charge is 0.339 e. The van der Waals surface area contributed by atoms with E-state index in [1.54, 1.807) is 4.31 Å². The molecule has 2 saturated heterocycles. The van der Waals surface area contributed by atoms with E-state index in [0.717, 1.165) is 24.9 Å². The average molecular weight is 419 g/mol. The molecule has 29 heavy (non-hydrogen) atoms. The number of fused-ring (bicyclic) bond motifs is 1. The van der Waals surface area contributed by atoms with Crippen molar-refractivity contribution in [2.24, 2.45) is 17.8 Å². The van der Waals surface area contributed by atoms with E-state index < -0.39 is 10.0 Å². The van der Waals surface area contributed by atoms with Crippen molar-refractivity contribution in [3.8, 4) is 0 Å². The van der Waals surface area contributed by atoms with E-state index in [4.69, 9.17) is 0 Å². The summed E-state index contributed by atoms with van der Waals surface area (Å²) in [7, 11) is -3.33. The van der Waals surface area contributed by atoms with Crippen LogP contribution in [0.1, 0.15) is 57.4 Å². The third kappa shape index (κ3) is 4.53. The van der Waals surface area contributed by atoms with Crippen molar-refractivity contribution in [2.75, 3.05) is 19.6 Å². The highest BCUT2D eigenvalue weighted by Gasteiger charge is 2.42. The Morgan fingerprint density at radius 2 is 1.66 bits per heavy atom. The van der Waals surface area contributed by atoms with Crippen molar-refractivity contribution in [1.29, 1.82) is 0 Å². The van der Waals surface area contributed by atoms with Gasteiger partial charge in [-0.05, 0) is 49.5 Å². The zero-order chi connectivity index (χ0) is 20.4. The molecule has 3 fully saturated rings. The molecular formula is C23H34N2O3S. The molecule has 2 heterocycles. The fraction of sp³-hybridized carbons (Fsp3) is 0.696. The summed E-state index contributed by atoms with van der Waals surface area (Å²) >= 11 is 0. The minimum atomic E-state index is -3.33. The summed E-state index contributed by atoms with van der Waals surface area (Å²) in [6.45, 7) is 4.16. The van der Waals surface area contributed by atoms with Crippen molar-refractivity contribution in [3.05, 3.63) is 35.9 Å². The molecule has 0 N–H and O–H groups in total. The summed E-state index contributed by atoms with van der Waals surface area (Å²) in [4.78, 5) is 15.5. The molecule has 0 bridgehead atoms. The van der Waals surface area contributed by atoms with Crippen LogP contribution in [-0.2, 0) is 20.6 Å². The van der Waals surface area contributed by atoms with Crippen LogP contribution in [0, 0.1) is 17.8 Å². The highest BCUT2D eigenvalue weighted by molar-refractivity contribution is 7.88. The lowest BCUT2D eigenvalue weighted by Gasteiger charge is -2.48. The molecule has 1 amide bonds. The number of sulfonamides is 1. The summed E-state index contributed by atoms with van der Waals surface area (Å²) < 4.78 is 27.2. The van der Waals surface area contributed by atoms with Crippen molar-refractivity contribution < 1.29 is 13.2 Å².